The highest BCUT2D eigenvalue weighted by Gasteiger charge is 2.24. The third-order valence-electron chi connectivity index (χ3n) is 3.57. The third-order valence-corrected chi connectivity index (χ3v) is 3.57. The van der Waals surface area contributed by atoms with Crippen LogP contribution >= 0.6 is 0 Å². The summed E-state index contributed by atoms with van der Waals surface area (Å²) in [5.74, 6) is 0.979. The van der Waals surface area contributed by atoms with Crippen LogP contribution in [0.25, 0.3) is 11.1 Å². The summed E-state index contributed by atoms with van der Waals surface area (Å²) in [6.07, 6.45) is 1.00. The van der Waals surface area contributed by atoms with Gasteiger partial charge < -0.3 is 16.2 Å². The van der Waals surface area contributed by atoms with Crippen LogP contribution in [0.5, 0.6) is 5.75 Å². The Balaban J connectivity index is 2.05. The van der Waals surface area contributed by atoms with Crippen LogP contribution in [-0.2, 0) is 13.0 Å². The summed E-state index contributed by atoms with van der Waals surface area (Å²) in [6.45, 7) is 1.10. The molecule has 0 aromatic heterocycles. The summed E-state index contributed by atoms with van der Waals surface area (Å²) < 4.78 is 5.96. The van der Waals surface area contributed by atoms with Gasteiger partial charge in [0.25, 0.3) is 0 Å². The lowest BCUT2D eigenvalue weighted by molar-refractivity contribution is 0.242. The Morgan fingerprint density at radius 3 is 2.74 bits per heavy atom. The van der Waals surface area contributed by atoms with Crippen molar-refractivity contribution in [2.75, 3.05) is 6.54 Å². The van der Waals surface area contributed by atoms with Crippen LogP contribution in [0.15, 0.2) is 42.5 Å². The first-order chi connectivity index (χ1) is 9.31. The monoisotopic (exact) mass is 254 g/mol. The molecule has 0 fully saturated rings. The molecule has 3 heteroatoms. The zero-order valence-corrected chi connectivity index (χ0v) is 10.8. The fourth-order valence-corrected chi connectivity index (χ4v) is 2.56. The summed E-state index contributed by atoms with van der Waals surface area (Å²) in [5, 5.41) is 0. The van der Waals surface area contributed by atoms with Crippen LogP contribution in [-0.4, -0.2) is 12.6 Å². The molecule has 19 heavy (non-hydrogen) atoms. The Hall–Kier alpha value is -1.84. The molecule has 0 radical (unpaired) electrons. The van der Waals surface area contributed by atoms with E-state index in [9.17, 15) is 0 Å². The van der Waals surface area contributed by atoms with Gasteiger partial charge in [0.15, 0.2) is 0 Å². The molecule has 2 aromatic carbocycles. The number of hydrogen-bond donors (Lipinski definition) is 2. The summed E-state index contributed by atoms with van der Waals surface area (Å²) >= 11 is 0. The van der Waals surface area contributed by atoms with Gasteiger partial charge in [-0.15, -0.1) is 0 Å². The van der Waals surface area contributed by atoms with Crippen molar-refractivity contribution in [3.63, 3.8) is 0 Å². The molecule has 98 valence electrons. The zero-order valence-electron chi connectivity index (χ0n) is 10.8. The summed E-state index contributed by atoms with van der Waals surface area (Å²) in [4.78, 5) is 0. The molecule has 0 bridgehead atoms. The molecule has 1 atom stereocenters. The van der Waals surface area contributed by atoms with Crippen molar-refractivity contribution in [3.05, 3.63) is 53.6 Å². The van der Waals surface area contributed by atoms with E-state index in [-0.39, 0.29) is 6.10 Å². The van der Waals surface area contributed by atoms with Gasteiger partial charge >= 0.3 is 0 Å². The van der Waals surface area contributed by atoms with Gasteiger partial charge in [-0.05, 0) is 22.8 Å². The fourth-order valence-electron chi connectivity index (χ4n) is 2.56. The molecule has 0 amide bonds. The molecule has 4 N–H and O–H groups in total. The third kappa shape index (κ3) is 2.23. The molecule has 3 rings (SSSR count). The molecule has 0 saturated heterocycles. The number of rotatable bonds is 3. The van der Waals surface area contributed by atoms with Gasteiger partial charge in [0.05, 0.1) is 0 Å². The molecule has 1 heterocycles. The van der Waals surface area contributed by atoms with Crippen LogP contribution in [0.2, 0.25) is 0 Å². The number of benzene rings is 2. The second-order valence-corrected chi connectivity index (χ2v) is 4.88. The number of ether oxygens (including phenoxy) is 1. The van der Waals surface area contributed by atoms with E-state index in [4.69, 9.17) is 16.2 Å². The van der Waals surface area contributed by atoms with E-state index in [1.807, 2.05) is 12.1 Å². The van der Waals surface area contributed by atoms with E-state index >= 15 is 0 Å². The molecule has 0 saturated carbocycles. The highest BCUT2D eigenvalue weighted by Crippen LogP contribution is 2.38. The van der Waals surface area contributed by atoms with Crippen molar-refractivity contribution in [2.24, 2.45) is 11.5 Å². The standard InChI is InChI=1S/C16H18N2O/c17-9-11-3-1-4-12(7-11)15-6-2-5-13-8-14(10-18)19-16(13)15/h1-7,14H,8-10,17-18H2. The lowest BCUT2D eigenvalue weighted by Gasteiger charge is -2.11. The smallest absolute Gasteiger partial charge is 0.130 e. The van der Waals surface area contributed by atoms with Crippen molar-refractivity contribution in [3.8, 4) is 16.9 Å². The minimum Gasteiger partial charge on any atom is -0.488 e. The Labute approximate surface area is 113 Å². The maximum atomic E-state index is 5.96. The predicted molar refractivity (Wildman–Crippen MR) is 76.9 cm³/mol. The predicted octanol–water partition coefficient (Wildman–Crippen LogP) is 2.07. The Kier molecular flexibility index (Phi) is 3.23. The van der Waals surface area contributed by atoms with E-state index in [1.54, 1.807) is 0 Å². The number of fused-ring (bicyclic) bond motifs is 1. The van der Waals surface area contributed by atoms with E-state index in [2.05, 4.69) is 30.3 Å². The highest BCUT2D eigenvalue weighted by molar-refractivity contribution is 5.73. The van der Waals surface area contributed by atoms with Gasteiger partial charge in [-0.1, -0.05) is 36.4 Å². The second kappa shape index (κ2) is 5.03. The summed E-state index contributed by atoms with van der Waals surface area (Å²) in [5.41, 5.74) is 16.1. The second-order valence-electron chi connectivity index (χ2n) is 4.88. The molecular weight excluding hydrogens is 236 g/mol. The van der Waals surface area contributed by atoms with E-state index in [0.717, 1.165) is 28.9 Å². The number of hydrogen-bond acceptors (Lipinski definition) is 3. The van der Waals surface area contributed by atoms with Crippen LogP contribution in [0.3, 0.4) is 0 Å². The van der Waals surface area contributed by atoms with Gasteiger partial charge in [0.1, 0.15) is 11.9 Å². The van der Waals surface area contributed by atoms with Crippen LogP contribution in [0.4, 0.5) is 0 Å². The van der Waals surface area contributed by atoms with Gasteiger partial charge in [-0.2, -0.15) is 0 Å². The fraction of sp³-hybridized carbons (Fsp3) is 0.250. The maximum absolute atomic E-state index is 5.96. The molecule has 0 aliphatic carbocycles. The SMILES string of the molecule is NCc1cccc(-c2cccc3c2OC(CN)C3)c1. The van der Waals surface area contributed by atoms with E-state index in [1.165, 1.54) is 5.56 Å². The minimum absolute atomic E-state index is 0.105. The van der Waals surface area contributed by atoms with E-state index < -0.39 is 0 Å². The molecule has 1 aliphatic heterocycles. The average Bonchev–Trinajstić information content (AvgIpc) is 2.90. The van der Waals surface area contributed by atoms with Gasteiger partial charge in [-0.3, -0.25) is 0 Å². The van der Waals surface area contributed by atoms with Gasteiger partial charge in [0, 0.05) is 25.1 Å². The van der Waals surface area contributed by atoms with Crippen molar-refractivity contribution in [2.45, 2.75) is 19.1 Å². The Morgan fingerprint density at radius 1 is 1.11 bits per heavy atom. The van der Waals surface area contributed by atoms with Crippen LogP contribution in [0.1, 0.15) is 11.1 Å². The molecule has 0 spiro atoms. The Bertz CT molecular complexity index is 595. The lowest BCUT2D eigenvalue weighted by Crippen LogP contribution is -2.24. The summed E-state index contributed by atoms with van der Waals surface area (Å²) in [7, 11) is 0. The first-order valence-electron chi connectivity index (χ1n) is 6.60. The number of nitrogens with two attached hydrogens (primary N) is 2. The normalized spacial score (nSPS) is 17.1. The van der Waals surface area contributed by atoms with Crippen molar-refractivity contribution in [1.29, 1.82) is 0 Å². The maximum Gasteiger partial charge on any atom is 0.130 e. The van der Waals surface area contributed by atoms with Crippen molar-refractivity contribution >= 4 is 0 Å². The van der Waals surface area contributed by atoms with Crippen molar-refractivity contribution < 1.29 is 4.74 Å². The highest BCUT2D eigenvalue weighted by atomic mass is 16.5. The first kappa shape index (κ1) is 12.2. The molecule has 1 aliphatic rings. The molecule has 1 unspecified atom stereocenters. The van der Waals surface area contributed by atoms with E-state index in [0.29, 0.717) is 13.1 Å². The lowest BCUT2D eigenvalue weighted by atomic mass is 9.99. The largest absolute Gasteiger partial charge is 0.488 e. The van der Waals surface area contributed by atoms with Gasteiger partial charge in [0.2, 0.25) is 0 Å². The minimum atomic E-state index is 0.105. The molecule has 2 aromatic rings. The zero-order chi connectivity index (χ0) is 13.2. The Morgan fingerprint density at radius 2 is 1.95 bits per heavy atom. The summed E-state index contributed by atoms with van der Waals surface area (Å²) in [6, 6.07) is 14.6. The quantitative estimate of drug-likeness (QED) is 0.881. The molecule has 3 nitrogen and oxygen atoms in total. The first-order valence-corrected chi connectivity index (χ1v) is 6.60. The average molecular weight is 254 g/mol. The topological polar surface area (TPSA) is 61.3 Å². The van der Waals surface area contributed by atoms with Crippen LogP contribution < -0.4 is 16.2 Å². The van der Waals surface area contributed by atoms with Crippen molar-refractivity contribution in [1.82, 2.24) is 0 Å². The number of para-hydroxylation sites is 1. The van der Waals surface area contributed by atoms with Gasteiger partial charge in [-0.25, -0.2) is 0 Å². The van der Waals surface area contributed by atoms with Crippen LogP contribution in [0, 0.1) is 0 Å². The molecular formula is C16H18N2O.